The van der Waals surface area contributed by atoms with Crippen LogP contribution >= 0.6 is 0 Å². The number of nitrogens with zero attached hydrogens (tertiary/aromatic N) is 1. The van der Waals surface area contributed by atoms with E-state index in [9.17, 15) is 0 Å². The second-order valence-electron chi connectivity index (χ2n) is 6.24. The van der Waals surface area contributed by atoms with Crippen molar-refractivity contribution in [3.05, 3.63) is 0 Å². The van der Waals surface area contributed by atoms with Gasteiger partial charge in [-0.15, -0.1) is 0 Å². The van der Waals surface area contributed by atoms with Gasteiger partial charge in [0.25, 0.3) is 0 Å². The van der Waals surface area contributed by atoms with Gasteiger partial charge in [0.2, 0.25) is 0 Å². The largest absolute Gasteiger partial charge is 0.381 e. The van der Waals surface area contributed by atoms with Crippen LogP contribution in [0, 0.1) is 5.92 Å². The fraction of sp³-hybridized carbons (Fsp3) is 1.00. The molecule has 0 spiro atoms. The van der Waals surface area contributed by atoms with E-state index >= 15 is 0 Å². The minimum Gasteiger partial charge on any atom is -0.381 e. The summed E-state index contributed by atoms with van der Waals surface area (Å²) < 4.78 is 5.40. The average molecular weight is 255 g/mol. The van der Waals surface area contributed by atoms with Crippen LogP contribution in [0.15, 0.2) is 0 Å². The molecule has 2 aliphatic heterocycles. The second-order valence-corrected chi connectivity index (χ2v) is 6.24. The molecule has 0 atom stereocenters. The Balaban J connectivity index is 1.67. The van der Waals surface area contributed by atoms with Crippen molar-refractivity contribution in [2.45, 2.75) is 32.2 Å². The Kier molecular flexibility index (Phi) is 5.42. The molecule has 2 aliphatic rings. The van der Waals surface area contributed by atoms with Crippen molar-refractivity contribution >= 4 is 0 Å². The quantitative estimate of drug-likeness (QED) is 0.758. The lowest BCUT2D eigenvalue weighted by molar-refractivity contribution is 0.0624. The second kappa shape index (κ2) is 6.85. The first-order chi connectivity index (χ1) is 8.68. The summed E-state index contributed by atoms with van der Waals surface area (Å²) in [6, 6.07) is 0. The Bertz CT molecular complexity index is 233. The maximum atomic E-state index is 5.40. The van der Waals surface area contributed by atoms with Gasteiger partial charge in [-0.2, -0.15) is 0 Å². The van der Waals surface area contributed by atoms with Crippen molar-refractivity contribution in [3.63, 3.8) is 0 Å². The first-order valence-electron chi connectivity index (χ1n) is 7.43. The standard InChI is InChI=1S/C14H29N3O/c1-14(2,17-7-5-15-6-8-17)12-16-11-13-3-9-18-10-4-13/h13,15-16H,3-12H2,1-2H3. The van der Waals surface area contributed by atoms with Gasteiger partial charge in [-0.25, -0.2) is 0 Å². The number of ether oxygens (including phenoxy) is 1. The van der Waals surface area contributed by atoms with Crippen molar-refractivity contribution in [2.75, 3.05) is 52.5 Å². The minimum absolute atomic E-state index is 0.271. The lowest BCUT2D eigenvalue weighted by Gasteiger charge is -2.41. The van der Waals surface area contributed by atoms with E-state index in [1.165, 1.54) is 25.9 Å². The minimum atomic E-state index is 0.271. The van der Waals surface area contributed by atoms with Crippen LogP contribution < -0.4 is 10.6 Å². The highest BCUT2D eigenvalue weighted by Crippen LogP contribution is 2.16. The zero-order valence-electron chi connectivity index (χ0n) is 12.0. The zero-order chi connectivity index (χ0) is 12.8. The van der Waals surface area contributed by atoms with Gasteiger partial charge in [0.15, 0.2) is 0 Å². The molecule has 18 heavy (non-hydrogen) atoms. The number of piperazine rings is 1. The third-order valence-electron chi connectivity index (χ3n) is 4.30. The molecule has 0 aromatic heterocycles. The summed E-state index contributed by atoms with van der Waals surface area (Å²) in [6.07, 6.45) is 2.45. The molecule has 0 saturated carbocycles. The van der Waals surface area contributed by atoms with Crippen molar-refractivity contribution in [3.8, 4) is 0 Å². The molecule has 0 aromatic carbocycles. The highest BCUT2D eigenvalue weighted by Gasteiger charge is 2.27. The van der Waals surface area contributed by atoms with E-state index < -0.39 is 0 Å². The molecule has 0 aromatic rings. The summed E-state index contributed by atoms with van der Waals surface area (Å²) in [4.78, 5) is 2.60. The van der Waals surface area contributed by atoms with Crippen LogP contribution in [0.4, 0.5) is 0 Å². The summed E-state index contributed by atoms with van der Waals surface area (Å²) in [5.41, 5.74) is 0.271. The SMILES string of the molecule is CC(C)(CNCC1CCOCC1)N1CCNCC1. The number of hydrogen-bond acceptors (Lipinski definition) is 4. The van der Waals surface area contributed by atoms with Crippen LogP contribution in [0.2, 0.25) is 0 Å². The number of hydrogen-bond donors (Lipinski definition) is 2. The Morgan fingerprint density at radius 1 is 1.22 bits per heavy atom. The van der Waals surface area contributed by atoms with Gasteiger partial charge in [-0.05, 0) is 39.2 Å². The topological polar surface area (TPSA) is 36.5 Å². The Morgan fingerprint density at radius 3 is 2.56 bits per heavy atom. The number of rotatable bonds is 5. The summed E-state index contributed by atoms with van der Waals surface area (Å²) in [5, 5.41) is 7.09. The van der Waals surface area contributed by atoms with Crippen LogP contribution in [0.25, 0.3) is 0 Å². The Morgan fingerprint density at radius 2 is 1.89 bits per heavy atom. The molecule has 0 amide bonds. The van der Waals surface area contributed by atoms with E-state index in [1.807, 2.05) is 0 Å². The molecule has 2 N–H and O–H groups in total. The predicted molar refractivity (Wildman–Crippen MR) is 74.9 cm³/mol. The van der Waals surface area contributed by atoms with E-state index in [2.05, 4.69) is 29.4 Å². The summed E-state index contributed by atoms with van der Waals surface area (Å²) >= 11 is 0. The van der Waals surface area contributed by atoms with Crippen LogP contribution in [-0.2, 0) is 4.74 Å². The molecule has 2 fully saturated rings. The van der Waals surface area contributed by atoms with Crippen molar-refractivity contribution in [1.82, 2.24) is 15.5 Å². The summed E-state index contributed by atoms with van der Waals surface area (Å²) in [5.74, 6) is 0.817. The van der Waals surface area contributed by atoms with Gasteiger partial charge in [0, 0.05) is 51.5 Å². The van der Waals surface area contributed by atoms with Crippen LogP contribution in [-0.4, -0.2) is 62.9 Å². The molecular weight excluding hydrogens is 226 g/mol. The summed E-state index contributed by atoms with van der Waals surface area (Å²) in [7, 11) is 0. The highest BCUT2D eigenvalue weighted by atomic mass is 16.5. The van der Waals surface area contributed by atoms with Gasteiger partial charge in [0.05, 0.1) is 0 Å². The zero-order valence-corrected chi connectivity index (χ0v) is 12.0. The van der Waals surface area contributed by atoms with Gasteiger partial charge in [0.1, 0.15) is 0 Å². The van der Waals surface area contributed by atoms with E-state index in [0.29, 0.717) is 0 Å². The summed E-state index contributed by atoms with van der Waals surface area (Å²) in [6.45, 7) is 13.5. The van der Waals surface area contributed by atoms with E-state index in [1.54, 1.807) is 0 Å². The molecule has 0 unspecified atom stereocenters. The third-order valence-corrected chi connectivity index (χ3v) is 4.30. The fourth-order valence-electron chi connectivity index (χ4n) is 2.91. The average Bonchev–Trinajstić information content (AvgIpc) is 2.41. The molecule has 0 aliphatic carbocycles. The first-order valence-corrected chi connectivity index (χ1v) is 7.43. The molecule has 0 radical (unpaired) electrons. The van der Waals surface area contributed by atoms with Crippen LogP contribution in [0.5, 0.6) is 0 Å². The number of nitrogens with one attached hydrogen (secondary N) is 2. The van der Waals surface area contributed by atoms with E-state index in [-0.39, 0.29) is 5.54 Å². The van der Waals surface area contributed by atoms with Crippen LogP contribution in [0.3, 0.4) is 0 Å². The van der Waals surface area contributed by atoms with Gasteiger partial charge in [-0.1, -0.05) is 0 Å². The van der Waals surface area contributed by atoms with E-state index in [0.717, 1.165) is 45.3 Å². The van der Waals surface area contributed by atoms with Gasteiger partial charge < -0.3 is 15.4 Å². The van der Waals surface area contributed by atoms with Crippen molar-refractivity contribution in [2.24, 2.45) is 5.92 Å². The lowest BCUT2D eigenvalue weighted by atomic mass is 9.98. The first kappa shape index (κ1) is 14.3. The van der Waals surface area contributed by atoms with E-state index in [4.69, 9.17) is 4.74 Å². The fourth-order valence-corrected chi connectivity index (χ4v) is 2.91. The van der Waals surface area contributed by atoms with Crippen molar-refractivity contribution < 1.29 is 4.74 Å². The molecule has 4 heteroatoms. The normalized spacial score (nSPS) is 24.3. The smallest absolute Gasteiger partial charge is 0.0469 e. The molecule has 2 rings (SSSR count). The Labute approximate surface area is 111 Å². The van der Waals surface area contributed by atoms with Crippen molar-refractivity contribution in [1.29, 1.82) is 0 Å². The molecule has 4 nitrogen and oxygen atoms in total. The highest BCUT2D eigenvalue weighted by molar-refractivity contribution is 4.87. The Hall–Kier alpha value is -0.160. The molecule has 0 bridgehead atoms. The molecule has 2 saturated heterocycles. The lowest BCUT2D eigenvalue weighted by Crippen LogP contribution is -2.57. The maximum Gasteiger partial charge on any atom is 0.0469 e. The monoisotopic (exact) mass is 255 g/mol. The molecule has 2 heterocycles. The van der Waals surface area contributed by atoms with Gasteiger partial charge in [-0.3, -0.25) is 4.90 Å². The maximum absolute atomic E-state index is 5.40. The third kappa shape index (κ3) is 4.19. The molecule has 106 valence electrons. The predicted octanol–water partition coefficient (Wildman–Crippen LogP) is 0.686. The van der Waals surface area contributed by atoms with Gasteiger partial charge >= 0.3 is 0 Å². The molecular formula is C14H29N3O. The van der Waals surface area contributed by atoms with Crippen LogP contribution in [0.1, 0.15) is 26.7 Å².